The maximum atomic E-state index is 13.1. The number of benzene rings is 2. The molecule has 0 aromatic heterocycles. The Balaban J connectivity index is 1.74. The maximum Gasteiger partial charge on any atom is 0.286 e. The van der Waals surface area contributed by atoms with Gasteiger partial charge in [-0.2, -0.15) is 5.01 Å². The van der Waals surface area contributed by atoms with Crippen molar-refractivity contribution in [3.63, 3.8) is 0 Å². The first-order valence-corrected chi connectivity index (χ1v) is 10.8. The fraction of sp³-hybridized carbons (Fsp3) is 0.0500. The van der Waals surface area contributed by atoms with Crippen LogP contribution in [0.15, 0.2) is 51.8 Å². The molecule has 31 heavy (non-hydrogen) atoms. The molecule has 0 aliphatic carbocycles. The minimum absolute atomic E-state index is 0.00175. The van der Waals surface area contributed by atoms with Crippen molar-refractivity contribution < 1.29 is 24.3 Å². The van der Waals surface area contributed by atoms with E-state index in [1.807, 2.05) is 0 Å². The Morgan fingerprint density at radius 1 is 1.13 bits per heavy atom. The predicted molar refractivity (Wildman–Crippen MR) is 122 cm³/mol. The first kappa shape index (κ1) is 21.2. The molecule has 0 bridgehead atoms. The summed E-state index contributed by atoms with van der Waals surface area (Å²) in [5.41, 5.74) is 3.11. The molecule has 8 nitrogen and oxygen atoms in total. The van der Waals surface area contributed by atoms with Gasteiger partial charge in [0.2, 0.25) is 5.91 Å². The Morgan fingerprint density at radius 2 is 1.84 bits per heavy atom. The van der Waals surface area contributed by atoms with Crippen molar-refractivity contribution in [1.82, 2.24) is 10.4 Å². The van der Waals surface area contributed by atoms with Gasteiger partial charge in [0, 0.05) is 17.0 Å². The number of fused-ring (bicyclic) bond motifs is 1. The average molecular weight is 518 g/mol. The third-order valence-corrected chi connectivity index (χ3v) is 6.42. The summed E-state index contributed by atoms with van der Waals surface area (Å²) in [5.74, 6) is -2.85. The number of hydrogen-bond acceptors (Lipinski definition) is 7. The molecule has 1 saturated heterocycles. The predicted octanol–water partition coefficient (Wildman–Crippen LogP) is 2.96. The number of phenols is 1. The lowest BCUT2D eigenvalue weighted by atomic mass is 10.1. The van der Waals surface area contributed by atoms with Crippen LogP contribution < -0.4 is 10.3 Å². The highest BCUT2D eigenvalue weighted by Crippen LogP contribution is 2.45. The lowest BCUT2D eigenvalue weighted by Crippen LogP contribution is -2.45. The van der Waals surface area contributed by atoms with Crippen LogP contribution in [-0.4, -0.2) is 38.1 Å². The average Bonchev–Trinajstić information content (AvgIpc) is 3.15. The molecule has 1 fully saturated rings. The number of nitrogens with zero attached hydrogens (tertiary/aromatic N) is 2. The number of carbonyl (C=O) groups excluding carboxylic acids is 4. The van der Waals surface area contributed by atoms with Crippen molar-refractivity contribution in [3.8, 4) is 5.75 Å². The summed E-state index contributed by atoms with van der Waals surface area (Å²) < 4.78 is 0.659. The Kier molecular flexibility index (Phi) is 5.42. The molecule has 2 aromatic rings. The van der Waals surface area contributed by atoms with Crippen LogP contribution in [0.3, 0.4) is 0 Å². The van der Waals surface area contributed by atoms with Gasteiger partial charge in [0.1, 0.15) is 5.75 Å². The van der Waals surface area contributed by atoms with Crippen LogP contribution in [-0.2, 0) is 14.4 Å². The molecule has 11 heteroatoms. The summed E-state index contributed by atoms with van der Waals surface area (Å²) in [6, 6.07) is 10.8. The lowest BCUT2D eigenvalue weighted by Gasteiger charge is -2.16. The summed E-state index contributed by atoms with van der Waals surface area (Å²) >= 11 is 9.41. The Bertz CT molecular complexity index is 1240. The van der Waals surface area contributed by atoms with E-state index in [0.717, 1.165) is 21.7 Å². The van der Waals surface area contributed by atoms with E-state index in [4.69, 9.17) is 12.2 Å². The van der Waals surface area contributed by atoms with E-state index in [0.29, 0.717) is 15.7 Å². The second-order valence-electron chi connectivity index (χ2n) is 6.49. The molecular formula is C20H12BrN3O5S2. The minimum atomic E-state index is -0.744. The molecule has 2 aliphatic rings. The maximum absolute atomic E-state index is 13.1. The van der Waals surface area contributed by atoms with Crippen molar-refractivity contribution in [3.05, 3.63) is 63.0 Å². The van der Waals surface area contributed by atoms with Gasteiger partial charge >= 0.3 is 0 Å². The van der Waals surface area contributed by atoms with Crippen LogP contribution in [0, 0.1) is 0 Å². The highest BCUT2D eigenvalue weighted by molar-refractivity contribution is 9.10. The first-order chi connectivity index (χ1) is 14.7. The molecule has 2 aliphatic heterocycles. The molecule has 0 saturated carbocycles. The second kappa shape index (κ2) is 7.91. The van der Waals surface area contributed by atoms with Gasteiger partial charge in [-0.25, -0.2) is 4.90 Å². The number of phenolic OH excluding ortho intramolecular Hbond substituents is 1. The highest BCUT2D eigenvalue weighted by Gasteiger charge is 2.44. The highest BCUT2D eigenvalue weighted by atomic mass is 79.9. The summed E-state index contributed by atoms with van der Waals surface area (Å²) in [6.07, 6.45) is 0. The van der Waals surface area contributed by atoms with E-state index in [1.54, 1.807) is 30.3 Å². The third kappa shape index (κ3) is 3.54. The van der Waals surface area contributed by atoms with E-state index in [-0.39, 0.29) is 26.1 Å². The van der Waals surface area contributed by atoms with E-state index in [9.17, 15) is 24.3 Å². The summed E-state index contributed by atoms with van der Waals surface area (Å²) in [5, 5.41) is 10.7. The molecule has 156 valence electrons. The SMILES string of the molecule is CC(=O)N1C(=O)/C(=C2\SC(=S)N(NC(=O)c3ccccc3O)C2=O)c2cc(Br)ccc21. The van der Waals surface area contributed by atoms with E-state index in [2.05, 4.69) is 21.4 Å². The van der Waals surface area contributed by atoms with Gasteiger partial charge in [-0.3, -0.25) is 24.6 Å². The summed E-state index contributed by atoms with van der Waals surface area (Å²) in [4.78, 5) is 51.7. The molecule has 2 aromatic carbocycles. The molecule has 0 unspecified atom stereocenters. The van der Waals surface area contributed by atoms with Crippen LogP contribution in [0.4, 0.5) is 5.69 Å². The zero-order valence-electron chi connectivity index (χ0n) is 15.7. The fourth-order valence-electron chi connectivity index (χ4n) is 3.21. The normalized spacial score (nSPS) is 17.9. The van der Waals surface area contributed by atoms with Crippen molar-refractivity contribution in [2.75, 3.05) is 4.90 Å². The summed E-state index contributed by atoms with van der Waals surface area (Å²) in [7, 11) is 0. The quantitative estimate of drug-likeness (QED) is 0.465. The molecule has 2 heterocycles. The van der Waals surface area contributed by atoms with Crippen LogP contribution in [0.5, 0.6) is 5.75 Å². The van der Waals surface area contributed by atoms with Crippen LogP contribution >= 0.6 is 39.9 Å². The Morgan fingerprint density at radius 3 is 2.52 bits per heavy atom. The van der Waals surface area contributed by atoms with Gasteiger partial charge in [0.25, 0.3) is 17.7 Å². The summed E-state index contributed by atoms with van der Waals surface area (Å²) in [6.45, 7) is 1.25. The molecule has 0 atom stereocenters. The number of thioether (sulfide) groups is 1. The topological polar surface area (TPSA) is 107 Å². The molecule has 0 spiro atoms. The molecule has 4 amide bonds. The minimum Gasteiger partial charge on any atom is -0.507 e. The van der Waals surface area contributed by atoms with E-state index < -0.39 is 23.6 Å². The number of carbonyl (C=O) groups is 4. The van der Waals surface area contributed by atoms with E-state index in [1.165, 1.54) is 19.1 Å². The first-order valence-electron chi connectivity index (χ1n) is 8.75. The van der Waals surface area contributed by atoms with Gasteiger partial charge in [0.05, 0.1) is 21.7 Å². The Labute approximate surface area is 194 Å². The molecule has 0 radical (unpaired) electrons. The number of anilines is 1. The smallest absolute Gasteiger partial charge is 0.286 e. The number of imide groups is 1. The zero-order chi connectivity index (χ0) is 22.4. The number of hydrogen-bond donors (Lipinski definition) is 2. The van der Waals surface area contributed by atoms with Crippen LogP contribution in [0.2, 0.25) is 0 Å². The number of rotatable bonds is 2. The second-order valence-corrected chi connectivity index (χ2v) is 9.05. The molecule has 4 rings (SSSR count). The Hall–Kier alpha value is -3.02. The molecular weight excluding hydrogens is 506 g/mol. The number of aromatic hydroxyl groups is 1. The van der Waals surface area contributed by atoms with Crippen molar-refractivity contribution in [2.24, 2.45) is 0 Å². The number of halogens is 1. The van der Waals surface area contributed by atoms with Gasteiger partial charge in [-0.1, -0.05) is 39.8 Å². The number of thiocarbonyl (C=S) groups is 1. The number of nitrogens with one attached hydrogen (secondary N) is 1. The number of para-hydroxylation sites is 1. The van der Waals surface area contributed by atoms with Crippen molar-refractivity contribution in [2.45, 2.75) is 6.92 Å². The third-order valence-electron chi connectivity index (χ3n) is 4.56. The molecule has 2 N–H and O–H groups in total. The fourth-order valence-corrected chi connectivity index (χ4v) is 4.83. The lowest BCUT2D eigenvalue weighted by molar-refractivity contribution is -0.125. The van der Waals surface area contributed by atoms with Crippen molar-refractivity contribution >= 4 is 79.1 Å². The van der Waals surface area contributed by atoms with Gasteiger partial charge in [-0.15, -0.1) is 0 Å². The zero-order valence-corrected chi connectivity index (χ0v) is 18.9. The van der Waals surface area contributed by atoms with Gasteiger partial charge in [-0.05, 0) is 42.5 Å². The number of hydrazine groups is 1. The van der Waals surface area contributed by atoms with Crippen LogP contribution in [0.25, 0.3) is 5.57 Å². The largest absolute Gasteiger partial charge is 0.507 e. The van der Waals surface area contributed by atoms with Gasteiger partial charge in [0.15, 0.2) is 4.32 Å². The van der Waals surface area contributed by atoms with Crippen LogP contribution in [0.1, 0.15) is 22.8 Å². The van der Waals surface area contributed by atoms with Crippen molar-refractivity contribution in [1.29, 1.82) is 0 Å². The van der Waals surface area contributed by atoms with Gasteiger partial charge < -0.3 is 5.11 Å². The van der Waals surface area contributed by atoms with E-state index >= 15 is 0 Å². The number of amides is 4. The standard InChI is InChI=1S/C20H12BrN3O5S2/c1-9(25)23-13-7-6-10(21)8-12(13)15(18(23)28)16-19(29)24(20(30)31-16)22-17(27)11-4-2-3-5-14(11)26/h2-8,26H,1H3,(H,22,27)/b16-15-. The monoisotopic (exact) mass is 517 g/mol.